The first-order valence-corrected chi connectivity index (χ1v) is 7.26. The molecule has 0 unspecified atom stereocenters. The van der Waals surface area contributed by atoms with E-state index in [1.165, 1.54) is 69.2 Å². The van der Waals surface area contributed by atoms with E-state index < -0.39 is 0 Å². The summed E-state index contributed by atoms with van der Waals surface area (Å²) >= 11 is 0. The van der Waals surface area contributed by atoms with Crippen LogP contribution in [0.3, 0.4) is 0 Å². The van der Waals surface area contributed by atoms with Gasteiger partial charge in [0.15, 0.2) is 0 Å². The lowest BCUT2D eigenvalue weighted by Gasteiger charge is -2.50. The summed E-state index contributed by atoms with van der Waals surface area (Å²) in [4.78, 5) is 2.79. The molecule has 2 fully saturated rings. The van der Waals surface area contributed by atoms with Gasteiger partial charge in [0.1, 0.15) is 0 Å². The van der Waals surface area contributed by atoms with E-state index in [9.17, 15) is 0 Å². The molecule has 18 heavy (non-hydrogen) atoms. The van der Waals surface area contributed by atoms with E-state index in [1.807, 2.05) is 0 Å². The van der Waals surface area contributed by atoms with E-state index in [1.54, 1.807) is 0 Å². The van der Waals surface area contributed by atoms with Gasteiger partial charge in [0, 0.05) is 18.6 Å². The second-order valence-corrected chi connectivity index (χ2v) is 6.65. The van der Waals surface area contributed by atoms with Crippen LogP contribution in [0.5, 0.6) is 0 Å². The Hall–Kier alpha value is 0.390. The highest BCUT2D eigenvalue weighted by molar-refractivity contribution is 4.98. The van der Waals surface area contributed by atoms with Crippen molar-refractivity contribution in [3.63, 3.8) is 0 Å². The fourth-order valence-electron chi connectivity index (χ4n) is 3.61. The van der Waals surface area contributed by atoms with Crippen LogP contribution in [0, 0.1) is 0 Å². The first-order chi connectivity index (χ1) is 8.08. The van der Waals surface area contributed by atoms with Crippen LogP contribution in [0.1, 0.15) is 38.5 Å². The Labute approximate surface area is 130 Å². The molecule has 2 nitrogen and oxygen atoms in total. The Bertz CT molecular complexity index is 260. The van der Waals surface area contributed by atoms with Crippen LogP contribution in [0.2, 0.25) is 0 Å². The fourth-order valence-corrected chi connectivity index (χ4v) is 3.61. The zero-order valence-electron chi connectivity index (χ0n) is 12.1. The first kappa shape index (κ1) is 16.4. The number of hydrogen-bond donors (Lipinski definition) is 0. The van der Waals surface area contributed by atoms with E-state index in [-0.39, 0.29) is 24.0 Å². The second-order valence-electron chi connectivity index (χ2n) is 6.65. The number of hydrogen-bond acceptors (Lipinski definition) is 1. The van der Waals surface area contributed by atoms with Crippen molar-refractivity contribution >= 4 is 0 Å². The number of nitrogens with zero attached hydrogens (tertiary/aromatic N) is 2. The fraction of sp³-hybridized carbons (Fsp3) is 0.867. The molecule has 2 aliphatic rings. The molecule has 0 spiro atoms. The molecule has 0 aromatic carbocycles. The Kier molecular flexibility index (Phi) is 6.13. The Balaban J connectivity index is 0.00000162. The zero-order chi connectivity index (χ0) is 12.4. The molecular formula is C15H29IN2. The largest absolute Gasteiger partial charge is 1.00 e. The minimum atomic E-state index is 0. The van der Waals surface area contributed by atoms with Gasteiger partial charge in [0.25, 0.3) is 0 Å². The molecule has 2 rings (SSSR count). The van der Waals surface area contributed by atoms with Gasteiger partial charge in [-0.25, -0.2) is 0 Å². The summed E-state index contributed by atoms with van der Waals surface area (Å²) in [7, 11) is 4.72. The molecule has 1 aliphatic carbocycles. The predicted octanol–water partition coefficient (Wildman–Crippen LogP) is -0.339. The molecule has 0 aromatic rings. The van der Waals surface area contributed by atoms with Gasteiger partial charge < -0.3 is 28.5 Å². The Morgan fingerprint density at radius 2 is 1.67 bits per heavy atom. The minimum absolute atomic E-state index is 0. The molecule has 0 aromatic heterocycles. The first-order valence-electron chi connectivity index (χ1n) is 7.26. The van der Waals surface area contributed by atoms with Crippen LogP contribution in [0.4, 0.5) is 0 Å². The SMILES string of the molecule is C=CCC1(N2CC[N+](C)(C)CC2)CCCCC1.[I-]. The van der Waals surface area contributed by atoms with Crippen LogP contribution in [-0.4, -0.2) is 55.2 Å². The molecule has 0 N–H and O–H groups in total. The summed E-state index contributed by atoms with van der Waals surface area (Å²) in [5, 5.41) is 0. The summed E-state index contributed by atoms with van der Waals surface area (Å²) in [6.45, 7) is 9.16. The molecule has 0 bridgehead atoms. The third-order valence-corrected chi connectivity index (χ3v) is 4.93. The number of quaternary nitrogens is 1. The van der Waals surface area contributed by atoms with Crippen LogP contribution >= 0.6 is 0 Å². The third kappa shape index (κ3) is 3.70. The van der Waals surface area contributed by atoms with Gasteiger partial charge in [-0.05, 0) is 19.3 Å². The zero-order valence-corrected chi connectivity index (χ0v) is 14.3. The summed E-state index contributed by atoms with van der Waals surface area (Å²) in [5.74, 6) is 0. The molecule has 1 heterocycles. The Morgan fingerprint density at radius 1 is 1.11 bits per heavy atom. The van der Waals surface area contributed by atoms with E-state index in [4.69, 9.17) is 0 Å². The van der Waals surface area contributed by atoms with Gasteiger partial charge in [0.2, 0.25) is 0 Å². The molecule has 0 amide bonds. The van der Waals surface area contributed by atoms with E-state index in [0.717, 1.165) is 0 Å². The maximum Gasteiger partial charge on any atom is 0.0912 e. The Morgan fingerprint density at radius 3 is 2.17 bits per heavy atom. The van der Waals surface area contributed by atoms with Crippen LogP contribution in [-0.2, 0) is 0 Å². The van der Waals surface area contributed by atoms with Gasteiger partial charge in [-0.3, -0.25) is 4.90 Å². The number of likely N-dealkylation sites (N-methyl/N-ethyl adjacent to an activating group) is 1. The number of rotatable bonds is 3. The van der Waals surface area contributed by atoms with Crippen molar-refractivity contribution in [3.05, 3.63) is 12.7 Å². The van der Waals surface area contributed by atoms with Gasteiger partial charge >= 0.3 is 0 Å². The van der Waals surface area contributed by atoms with E-state index >= 15 is 0 Å². The smallest absolute Gasteiger partial charge is 0.0912 e. The van der Waals surface area contributed by atoms with Crippen molar-refractivity contribution in [2.24, 2.45) is 0 Å². The van der Waals surface area contributed by atoms with E-state index in [0.29, 0.717) is 5.54 Å². The highest BCUT2D eigenvalue weighted by Crippen LogP contribution is 2.37. The third-order valence-electron chi connectivity index (χ3n) is 4.93. The number of halogens is 1. The normalized spacial score (nSPS) is 27.2. The average Bonchev–Trinajstić information content (AvgIpc) is 2.30. The van der Waals surface area contributed by atoms with Crippen molar-refractivity contribution in [3.8, 4) is 0 Å². The lowest BCUT2D eigenvalue weighted by Crippen LogP contribution is -3.00. The molecule has 1 saturated carbocycles. The van der Waals surface area contributed by atoms with Crippen LogP contribution < -0.4 is 24.0 Å². The summed E-state index contributed by atoms with van der Waals surface area (Å²) < 4.78 is 1.20. The van der Waals surface area contributed by atoms with Crippen molar-refractivity contribution < 1.29 is 28.5 Å². The molecular weight excluding hydrogens is 335 g/mol. The van der Waals surface area contributed by atoms with Crippen molar-refractivity contribution in [2.45, 2.75) is 44.1 Å². The van der Waals surface area contributed by atoms with Crippen molar-refractivity contribution in [1.29, 1.82) is 0 Å². The summed E-state index contributed by atoms with van der Waals surface area (Å²) in [5.41, 5.74) is 0.473. The lowest BCUT2D eigenvalue weighted by atomic mass is 9.77. The molecule has 0 radical (unpaired) electrons. The topological polar surface area (TPSA) is 3.24 Å². The maximum absolute atomic E-state index is 3.99. The molecule has 106 valence electrons. The molecule has 1 saturated heterocycles. The van der Waals surface area contributed by atoms with Gasteiger partial charge in [-0.2, -0.15) is 0 Å². The second kappa shape index (κ2) is 6.71. The van der Waals surface area contributed by atoms with Crippen LogP contribution in [0.15, 0.2) is 12.7 Å². The van der Waals surface area contributed by atoms with Crippen molar-refractivity contribution in [1.82, 2.24) is 4.90 Å². The standard InChI is InChI=1S/C15H29N2.HI/c1-4-8-15(9-6-5-7-10-15)16-11-13-17(2,3)14-12-16;/h4H,1,5-14H2,2-3H3;1H/q+1;/p-1. The highest BCUT2D eigenvalue weighted by Gasteiger charge is 2.40. The van der Waals surface area contributed by atoms with Gasteiger partial charge in [-0.1, -0.05) is 25.3 Å². The monoisotopic (exact) mass is 364 g/mol. The van der Waals surface area contributed by atoms with Crippen LogP contribution in [0.25, 0.3) is 0 Å². The minimum Gasteiger partial charge on any atom is -1.00 e. The van der Waals surface area contributed by atoms with Gasteiger partial charge in [0.05, 0.1) is 27.2 Å². The van der Waals surface area contributed by atoms with E-state index in [2.05, 4.69) is 31.7 Å². The summed E-state index contributed by atoms with van der Waals surface area (Å²) in [6, 6.07) is 0. The van der Waals surface area contributed by atoms with Gasteiger partial charge in [-0.15, -0.1) is 6.58 Å². The molecule has 3 heteroatoms. The molecule has 1 aliphatic heterocycles. The summed E-state index contributed by atoms with van der Waals surface area (Å²) in [6.07, 6.45) is 10.4. The predicted molar refractivity (Wildman–Crippen MR) is 74.0 cm³/mol. The quantitative estimate of drug-likeness (QED) is 0.376. The average molecular weight is 364 g/mol. The number of piperazine rings is 1. The molecule has 0 atom stereocenters. The highest BCUT2D eigenvalue weighted by atomic mass is 127. The lowest BCUT2D eigenvalue weighted by molar-refractivity contribution is -0.895. The maximum atomic E-state index is 3.99. The van der Waals surface area contributed by atoms with Crippen molar-refractivity contribution in [2.75, 3.05) is 40.3 Å².